The summed E-state index contributed by atoms with van der Waals surface area (Å²) < 4.78 is 20.1. The molecule has 2 amide bonds. The fourth-order valence-electron chi connectivity index (χ4n) is 1.71. The molecule has 0 saturated heterocycles. The third-order valence-corrected chi connectivity index (χ3v) is 3.34. The number of hydrogen-bond acceptors (Lipinski definition) is 6. The van der Waals surface area contributed by atoms with Crippen molar-refractivity contribution in [1.82, 2.24) is 0 Å². The molecule has 134 valence electrons. The molecule has 10 heteroatoms. The lowest BCUT2D eigenvalue weighted by atomic mass is 10.2. The number of imide groups is 1. The number of methoxy groups -OCH3 is 2. The lowest BCUT2D eigenvalue weighted by Gasteiger charge is -2.22. The number of carbonyl (C=O) groups is 2. The Morgan fingerprint density at radius 1 is 1.00 bits per heavy atom. The van der Waals surface area contributed by atoms with Crippen LogP contribution < -0.4 is 14.4 Å². The zero-order valence-corrected chi connectivity index (χ0v) is 15.3. The first-order valence-corrected chi connectivity index (χ1v) is 8.12. The molecule has 24 heavy (non-hydrogen) atoms. The van der Waals surface area contributed by atoms with Gasteiger partial charge in [-0.25, -0.2) is 9.59 Å². The van der Waals surface area contributed by atoms with Crippen molar-refractivity contribution in [2.75, 3.05) is 44.1 Å². The minimum Gasteiger partial charge on any atom is -0.495 e. The van der Waals surface area contributed by atoms with Crippen LogP contribution >= 0.6 is 34.8 Å². The molecule has 0 heterocycles. The Hall–Kier alpha value is -1.57. The summed E-state index contributed by atoms with van der Waals surface area (Å²) >= 11 is 17.1. The summed E-state index contributed by atoms with van der Waals surface area (Å²) in [5, 5.41) is 0.0813. The maximum absolute atomic E-state index is 12.2. The van der Waals surface area contributed by atoms with Crippen LogP contribution in [0.5, 0.6) is 11.5 Å². The van der Waals surface area contributed by atoms with E-state index >= 15 is 0 Å². The van der Waals surface area contributed by atoms with Crippen molar-refractivity contribution in [2.45, 2.75) is 0 Å². The van der Waals surface area contributed by atoms with Gasteiger partial charge in [-0.1, -0.05) is 11.6 Å². The summed E-state index contributed by atoms with van der Waals surface area (Å²) in [6, 6.07) is 2.88. The summed E-state index contributed by atoms with van der Waals surface area (Å²) in [4.78, 5) is 25.1. The zero-order chi connectivity index (χ0) is 18.1. The van der Waals surface area contributed by atoms with Crippen molar-refractivity contribution in [3.8, 4) is 11.5 Å². The Morgan fingerprint density at radius 2 is 1.54 bits per heavy atom. The summed E-state index contributed by atoms with van der Waals surface area (Å²) in [7, 11) is 2.75. The molecule has 0 atom stereocenters. The Labute approximate surface area is 154 Å². The highest BCUT2D eigenvalue weighted by molar-refractivity contribution is 6.34. The molecule has 1 aromatic carbocycles. The van der Waals surface area contributed by atoms with Crippen molar-refractivity contribution in [3.05, 3.63) is 17.2 Å². The fraction of sp³-hybridized carbons (Fsp3) is 0.429. The maximum atomic E-state index is 12.2. The largest absolute Gasteiger partial charge is 0.495 e. The van der Waals surface area contributed by atoms with Crippen LogP contribution in [0, 0.1) is 0 Å². The topological polar surface area (TPSA) is 74.3 Å². The van der Waals surface area contributed by atoms with E-state index in [4.69, 9.17) is 53.8 Å². The molecule has 1 aromatic rings. The van der Waals surface area contributed by atoms with Crippen LogP contribution in [0.2, 0.25) is 5.02 Å². The van der Waals surface area contributed by atoms with E-state index in [1.54, 1.807) is 0 Å². The van der Waals surface area contributed by atoms with Gasteiger partial charge in [0.2, 0.25) is 0 Å². The van der Waals surface area contributed by atoms with Crippen molar-refractivity contribution >= 4 is 52.7 Å². The molecule has 1 rings (SSSR count). The van der Waals surface area contributed by atoms with E-state index in [0.717, 1.165) is 0 Å². The van der Waals surface area contributed by atoms with Gasteiger partial charge in [-0.05, 0) is 12.1 Å². The molecule has 0 radical (unpaired) electrons. The minimum atomic E-state index is -0.991. The van der Waals surface area contributed by atoms with Crippen LogP contribution in [0.4, 0.5) is 15.3 Å². The lowest BCUT2D eigenvalue weighted by Crippen LogP contribution is -2.38. The van der Waals surface area contributed by atoms with Crippen molar-refractivity contribution < 1.29 is 28.5 Å². The van der Waals surface area contributed by atoms with E-state index in [1.807, 2.05) is 0 Å². The van der Waals surface area contributed by atoms with Gasteiger partial charge in [0, 0.05) is 0 Å². The van der Waals surface area contributed by atoms with Gasteiger partial charge in [0.15, 0.2) is 5.75 Å². The Kier molecular flexibility index (Phi) is 8.81. The first-order chi connectivity index (χ1) is 11.5. The molecule has 0 fully saturated rings. The van der Waals surface area contributed by atoms with Gasteiger partial charge in [-0.3, -0.25) is 0 Å². The quantitative estimate of drug-likeness (QED) is 0.646. The summed E-state index contributed by atoms with van der Waals surface area (Å²) in [5.41, 5.74) is 0.0300. The van der Waals surface area contributed by atoms with Gasteiger partial charge in [-0.2, -0.15) is 4.90 Å². The second kappa shape index (κ2) is 10.3. The van der Waals surface area contributed by atoms with E-state index in [-0.39, 0.29) is 41.4 Å². The Balaban J connectivity index is 3.30. The summed E-state index contributed by atoms with van der Waals surface area (Å²) in [5.74, 6) is 0.482. The molecular formula is C14H16Cl3NO6. The number of ether oxygens (including phenoxy) is 4. The molecule has 0 aliphatic rings. The predicted octanol–water partition coefficient (Wildman–Crippen LogP) is 3.91. The number of nitrogens with zero attached hydrogens (tertiary/aromatic N) is 1. The van der Waals surface area contributed by atoms with Gasteiger partial charge in [0.1, 0.15) is 29.7 Å². The average molecular weight is 401 g/mol. The van der Waals surface area contributed by atoms with Crippen LogP contribution in [0.3, 0.4) is 0 Å². The van der Waals surface area contributed by atoms with Crippen LogP contribution in [0.15, 0.2) is 12.1 Å². The highest BCUT2D eigenvalue weighted by Gasteiger charge is 2.31. The molecule has 0 unspecified atom stereocenters. The molecule has 0 saturated carbocycles. The smallest absolute Gasteiger partial charge is 0.424 e. The van der Waals surface area contributed by atoms with Gasteiger partial charge < -0.3 is 18.9 Å². The third-order valence-electron chi connectivity index (χ3n) is 2.68. The Bertz CT molecular complexity index is 564. The summed E-state index contributed by atoms with van der Waals surface area (Å²) in [6.45, 7) is -0.183. The van der Waals surface area contributed by atoms with Crippen molar-refractivity contribution in [3.63, 3.8) is 0 Å². The fourth-order valence-corrected chi connectivity index (χ4v) is 2.18. The first kappa shape index (κ1) is 20.5. The number of amides is 2. The van der Waals surface area contributed by atoms with Crippen LogP contribution in [0.25, 0.3) is 0 Å². The molecule has 0 bridgehead atoms. The molecule has 7 nitrogen and oxygen atoms in total. The minimum absolute atomic E-state index is 0.0300. The van der Waals surface area contributed by atoms with E-state index in [2.05, 4.69) is 0 Å². The average Bonchev–Trinajstić information content (AvgIpc) is 2.58. The SMILES string of the molecule is COc1ccc(N(C(=O)OCCCl)C(=O)OCCCl)c(OC)c1Cl. The van der Waals surface area contributed by atoms with E-state index in [1.165, 1.54) is 26.4 Å². The monoisotopic (exact) mass is 399 g/mol. The number of halogens is 3. The lowest BCUT2D eigenvalue weighted by molar-refractivity contribution is 0.141. The normalized spacial score (nSPS) is 10.0. The van der Waals surface area contributed by atoms with Crippen molar-refractivity contribution in [2.24, 2.45) is 0 Å². The molecular weight excluding hydrogens is 385 g/mol. The zero-order valence-electron chi connectivity index (χ0n) is 13.0. The molecule has 0 spiro atoms. The molecule has 0 N–H and O–H groups in total. The van der Waals surface area contributed by atoms with Crippen LogP contribution in [0.1, 0.15) is 0 Å². The van der Waals surface area contributed by atoms with E-state index in [0.29, 0.717) is 10.6 Å². The number of carbonyl (C=O) groups excluding carboxylic acids is 2. The van der Waals surface area contributed by atoms with E-state index < -0.39 is 12.2 Å². The molecule has 0 aliphatic carbocycles. The molecule has 0 aromatic heterocycles. The van der Waals surface area contributed by atoms with Gasteiger partial charge >= 0.3 is 12.2 Å². The van der Waals surface area contributed by atoms with Gasteiger partial charge in [0.25, 0.3) is 0 Å². The highest BCUT2D eigenvalue weighted by Crippen LogP contribution is 2.42. The highest BCUT2D eigenvalue weighted by atomic mass is 35.5. The third kappa shape index (κ3) is 4.96. The first-order valence-electron chi connectivity index (χ1n) is 6.67. The standard InChI is InChI=1S/C14H16Cl3NO6/c1-21-10-4-3-9(12(22-2)11(10)17)18(13(19)23-7-5-15)14(20)24-8-6-16/h3-4H,5-8H2,1-2H3. The number of alkyl halides is 2. The number of anilines is 1. The predicted molar refractivity (Wildman–Crippen MR) is 91.2 cm³/mol. The number of hydrogen-bond donors (Lipinski definition) is 0. The van der Waals surface area contributed by atoms with Gasteiger partial charge in [0.05, 0.1) is 26.0 Å². The van der Waals surface area contributed by atoms with Gasteiger partial charge in [-0.15, -0.1) is 23.2 Å². The number of rotatable bonds is 7. The molecule has 0 aliphatic heterocycles. The second-order valence-corrected chi connectivity index (χ2v) is 5.21. The summed E-state index contributed by atoms with van der Waals surface area (Å²) in [6.07, 6.45) is -1.98. The second-order valence-electron chi connectivity index (χ2n) is 4.08. The van der Waals surface area contributed by atoms with Crippen LogP contribution in [-0.4, -0.2) is 51.4 Å². The number of benzene rings is 1. The maximum Gasteiger partial charge on any atom is 0.424 e. The van der Waals surface area contributed by atoms with E-state index in [9.17, 15) is 9.59 Å². The Morgan fingerprint density at radius 3 is 1.96 bits per heavy atom. The van der Waals surface area contributed by atoms with Crippen molar-refractivity contribution in [1.29, 1.82) is 0 Å². The van der Waals surface area contributed by atoms with Crippen LogP contribution in [-0.2, 0) is 9.47 Å².